The Morgan fingerprint density at radius 1 is 1.89 bits per heavy atom. The van der Waals surface area contributed by atoms with Gasteiger partial charge in [-0.1, -0.05) is 0 Å². The lowest BCUT2D eigenvalue weighted by Crippen LogP contribution is -1.89. The van der Waals surface area contributed by atoms with Gasteiger partial charge < -0.3 is 5.73 Å². The molecule has 0 aliphatic carbocycles. The fourth-order valence-electron chi connectivity index (χ4n) is 0.455. The predicted molar refractivity (Wildman–Crippen MR) is 36.5 cm³/mol. The maximum Gasteiger partial charge on any atom is 0.179 e. The maximum atomic E-state index is 10.5. The number of carbonyl (C=O) groups excluding carboxylic acids is 1. The molecule has 0 amide bonds. The zero-order chi connectivity index (χ0) is 6.85. The van der Waals surface area contributed by atoms with Gasteiger partial charge >= 0.3 is 0 Å². The summed E-state index contributed by atoms with van der Waals surface area (Å²) in [6, 6.07) is 1.58. The van der Waals surface area contributed by atoms with E-state index in [1.807, 2.05) is 0 Å². The Kier molecular flexibility index (Phi) is 1.48. The summed E-state index contributed by atoms with van der Waals surface area (Å²) >= 11 is 1.14. The molecule has 0 radical (unpaired) electrons. The van der Waals surface area contributed by atoms with Crippen molar-refractivity contribution >= 4 is 22.3 Å². The Hall–Kier alpha value is -0.900. The van der Waals surface area contributed by atoms with E-state index in [-0.39, 0.29) is 5.78 Å². The highest BCUT2D eigenvalue weighted by Crippen LogP contribution is 2.11. The quantitative estimate of drug-likeness (QED) is 0.593. The van der Waals surface area contributed by atoms with E-state index < -0.39 is 0 Å². The standard InChI is InChI=1S/C5H6N2OS/c1-3(8)4-2-5(6)9-7-4/h2H,6H2,1H3. The van der Waals surface area contributed by atoms with Crippen LogP contribution >= 0.6 is 11.5 Å². The molecule has 0 bridgehead atoms. The van der Waals surface area contributed by atoms with Gasteiger partial charge in [0.1, 0.15) is 10.7 Å². The number of carbonyl (C=O) groups is 1. The molecule has 2 N–H and O–H groups in total. The first kappa shape index (κ1) is 6.22. The van der Waals surface area contributed by atoms with Crippen LogP contribution in [0.4, 0.5) is 5.00 Å². The third-order valence-electron chi connectivity index (χ3n) is 0.889. The average molecular weight is 142 g/mol. The van der Waals surface area contributed by atoms with Gasteiger partial charge in [0.05, 0.1) is 0 Å². The van der Waals surface area contributed by atoms with Gasteiger partial charge in [-0.3, -0.25) is 4.79 Å². The SMILES string of the molecule is CC(=O)c1cc(N)sn1. The second-order valence-electron chi connectivity index (χ2n) is 1.67. The number of hydrogen-bond donors (Lipinski definition) is 1. The van der Waals surface area contributed by atoms with Crippen LogP contribution in [0.25, 0.3) is 0 Å². The number of aromatic nitrogens is 1. The number of hydrogen-bond acceptors (Lipinski definition) is 4. The maximum absolute atomic E-state index is 10.5. The lowest BCUT2D eigenvalue weighted by atomic mass is 10.3. The first-order valence-corrected chi connectivity index (χ1v) is 3.20. The summed E-state index contributed by atoms with van der Waals surface area (Å²) in [6.07, 6.45) is 0. The predicted octanol–water partition coefficient (Wildman–Crippen LogP) is 0.928. The van der Waals surface area contributed by atoms with Crippen molar-refractivity contribution in [3.05, 3.63) is 11.8 Å². The van der Waals surface area contributed by atoms with Gasteiger partial charge in [0.15, 0.2) is 5.78 Å². The number of nitrogen functional groups attached to an aromatic ring is 1. The summed E-state index contributed by atoms with van der Waals surface area (Å²) in [7, 11) is 0. The summed E-state index contributed by atoms with van der Waals surface area (Å²) in [5, 5.41) is 0.584. The van der Waals surface area contributed by atoms with Gasteiger partial charge in [-0.05, 0) is 11.5 Å². The molecular weight excluding hydrogens is 136 g/mol. The molecule has 9 heavy (non-hydrogen) atoms. The molecule has 0 unspecified atom stereocenters. The monoisotopic (exact) mass is 142 g/mol. The first-order valence-electron chi connectivity index (χ1n) is 2.43. The van der Waals surface area contributed by atoms with E-state index in [1.54, 1.807) is 6.07 Å². The molecule has 0 aromatic carbocycles. The van der Waals surface area contributed by atoms with Crippen molar-refractivity contribution in [2.45, 2.75) is 6.92 Å². The van der Waals surface area contributed by atoms with Crippen LogP contribution in [0.3, 0.4) is 0 Å². The van der Waals surface area contributed by atoms with Gasteiger partial charge in [0, 0.05) is 13.0 Å². The average Bonchev–Trinajstić information content (AvgIpc) is 2.14. The summed E-state index contributed by atoms with van der Waals surface area (Å²) in [6.45, 7) is 1.47. The fraction of sp³-hybridized carbons (Fsp3) is 0.200. The zero-order valence-electron chi connectivity index (χ0n) is 4.92. The van der Waals surface area contributed by atoms with Gasteiger partial charge in [0.2, 0.25) is 0 Å². The number of ketones is 1. The summed E-state index contributed by atoms with van der Waals surface area (Å²) in [4.78, 5) is 10.5. The van der Waals surface area contributed by atoms with Crippen molar-refractivity contribution in [2.24, 2.45) is 0 Å². The molecule has 0 atom stereocenters. The van der Waals surface area contributed by atoms with E-state index in [9.17, 15) is 4.79 Å². The van der Waals surface area contributed by atoms with E-state index in [4.69, 9.17) is 5.73 Å². The minimum Gasteiger partial charge on any atom is -0.389 e. The van der Waals surface area contributed by atoms with Crippen LogP contribution in [0.15, 0.2) is 6.07 Å². The third-order valence-corrected chi connectivity index (χ3v) is 1.51. The second kappa shape index (κ2) is 2.14. The number of rotatable bonds is 1. The van der Waals surface area contributed by atoms with Crippen LogP contribution in [-0.4, -0.2) is 10.2 Å². The Morgan fingerprint density at radius 2 is 2.56 bits per heavy atom. The van der Waals surface area contributed by atoms with Crippen LogP contribution in [0.2, 0.25) is 0 Å². The number of nitrogens with two attached hydrogens (primary N) is 1. The van der Waals surface area contributed by atoms with Crippen LogP contribution in [-0.2, 0) is 0 Å². The lowest BCUT2D eigenvalue weighted by Gasteiger charge is -1.78. The Bertz CT molecular complexity index is 231. The summed E-state index contributed by atoms with van der Waals surface area (Å²) in [5.41, 5.74) is 5.78. The van der Waals surface area contributed by atoms with Gasteiger partial charge in [0.25, 0.3) is 0 Å². The van der Waals surface area contributed by atoms with Crippen molar-refractivity contribution in [1.82, 2.24) is 4.37 Å². The highest BCUT2D eigenvalue weighted by molar-refractivity contribution is 7.10. The third kappa shape index (κ3) is 1.26. The lowest BCUT2D eigenvalue weighted by molar-refractivity contribution is 0.101. The van der Waals surface area contributed by atoms with Crippen molar-refractivity contribution in [3.63, 3.8) is 0 Å². The van der Waals surface area contributed by atoms with Crippen molar-refractivity contribution in [3.8, 4) is 0 Å². The minimum atomic E-state index is -0.0389. The van der Waals surface area contributed by atoms with E-state index in [2.05, 4.69) is 4.37 Å². The molecule has 0 aliphatic heterocycles. The smallest absolute Gasteiger partial charge is 0.179 e. The molecule has 0 aliphatic rings. The molecule has 3 nitrogen and oxygen atoms in total. The Labute approximate surface area is 56.7 Å². The first-order chi connectivity index (χ1) is 4.20. The molecule has 48 valence electrons. The van der Waals surface area contributed by atoms with E-state index >= 15 is 0 Å². The van der Waals surface area contributed by atoms with Crippen molar-refractivity contribution in [1.29, 1.82) is 0 Å². The topological polar surface area (TPSA) is 56.0 Å². The fourth-order valence-corrected chi connectivity index (χ4v) is 1.00. The molecule has 4 heteroatoms. The Balaban J connectivity index is 2.98. The van der Waals surface area contributed by atoms with Crippen molar-refractivity contribution in [2.75, 3.05) is 5.73 Å². The van der Waals surface area contributed by atoms with Crippen LogP contribution < -0.4 is 5.73 Å². The van der Waals surface area contributed by atoms with Gasteiger partial charge in [-0.15, -0.1) is 0 Å². The second-order valence-corrected chi connectivity index (χ2v) is 2.51. The zero-order valence-corrected chi connectivity index (χ0v) is 5.73. The van der Waals surface area contributed by atoms with Gasteiger partial charge in [-0.2, -0.15) is 4.37 Å². The number of nitrogens with zero attached hydrogens (tertiary/aromatic N) is 1. The molecule has 1 heterocycles. The Morgan fingerprint density at radius 3 is 2.78 bits per heavy atom. The largest absolute Gasteiger partial charge is 0.389 e. The van der Waals surface area contributed by atoms with Crippen LogP contribution in [0.1, 0.15) is 17.4 Å². The van der Waals surface area contributed by atoms with E-state index in [0.29, 0.717) is 10.7 Å². The molecule has 0 spiro atoms. The normalized spacial score (nSPS) is 9.44. The van der Waals surface area contributed by atoms with Crippen LogP contribution in [0, 0.1) is 0 Å². The number of anilines is 1. The summed E-state index contributed by atoms with van der Waals surface area (Å²) < 4.78 is 3.78. The van der Waals surface area contributed by atoms with Crippen LogP contribution in [0.5, 0.6) is 0 Å². The highest BCUT2D eigenvalue weighted by Gasteiger charge is 2.01. The molecule has 0 saturated heterocycles. The molecular formula is C5H6N2OS. The van der Waals surface area contributed by atoms with E-state index in [0.717, 1.165) is 11.5 Å². The molecule has 0 saturated carbocycles. The van der Waals surface area contributed by atoms with E-state index in [1.165, 1.54) is 6.92 Å². The highest BCUT2D eigenvalue weighted by atomic mass is 32.1. The summed E-state index contributed by atoms with van der Waals surface area (Å²) in [5.74, 6) is -0.0389. The van der Waals surface area contributed by atoms with Crippen molar-refractivity contribution < 1.29 is 4.79 Å². The minimum absolute atomic E-state index is 0.0389. The molecule has 1 aromatic rings. The molecule has 1 rings (SSSR count). The molecule has 0 fully saturated rings. The number of Topliss-reactive ketones (excluding diaryl/α,β-unsaturated/α-hetero) is 1. The molecule has 1 aromatic heterocycles. The van der Waals surface area contributed by atoms with Gasteiger partial charge in [-0.25, -0.2) is 0 Å².